The Morgan fingerprint density at radius 2 is 2.31 bits per heavy atom. The van der Waals surface area contributed by atoms with Gasteiger partial charge in [0.2, 0.25) is 0 Å². The molecule has 0 spiro atoms. The predicted molar refractivity (Wildman–Crippen MR) is 47.5 cm³/mol. The standard InChI is InChI=1S/C9H9N3O/c1-6-4-7(5-10)2-3-8(6)9(13)12-11/h2-4H,11H2,1H3,(H,12,13). The van der Waals surface area contributed by atoms with Gasteiger partial charge < -0.3 is 0 Å². The van der Waals surface area contributed by atoms with Crippen LogP contribution in [-0.4, -0.2) is 5.91 Å². The number of carbonyl (C=O) groups excluding carboxylic acids is 1. The van der Waals surface area contributed by atoms with Gasteiger partial charge in [-0.15, -0.1) is 0 Å². The topological polar surface area (TPSA) is 78.9 Å². The fourth-order valence-electron chi connectivity index (χ4n) is 1.07. The number of carbonyl (C=O) groups is 1. The van der Waals surface area contributed by atoms with E-state index in [1.165, 1.54) is 0 Å². The van der Waals surface area contributed by atoms with Crippen LogP contribution in [0.25, 0.3) is 0 Å². The van der Waals surface area contributed by atoms with Crippen molar-refractivity contribution in [3.8, 4) is 6.07 Å². The van der Waals surface area contributed by atoms with Crippen LogP contribution < -0.4 is 11.3 Å². The van der Waals surface area contributed by atoms with Gasteiger partial charge in [-0.2, -0.15) is 5.26 Å². The molecule has 0 saturated carbocycles. The van der Waals surface area contributed by atoms with Crippen molar-refractivity contribution in [2.45, 2.75) is 6.92 Å². The molecule has 66 valence electrons. The lowest BCUT2D eigenvalue weighted by atomic mass is 10.1. The van der Waals surface area contributed by atoms with E-state index in [9.17, 15) is 4.79 Å². The first-order chi connectivity index (χ1) is 6.19. The summed E-state index contributed by atoms with van der Waals surface area (Å²) in [5.41, 5.74) is 3.80. The van der Waals surface area contributed by atoms with Crippen molar-refractivity contribution >= 4 is 5.91 Å². The molecule has 0 saturated heterocycles. The lowest BCUT2D eigenvalue weighted by Gasteiger charge is -2.03. The van der Waals surface area contributed by atoms with Crippen LogP contribution in [-0.2, 0) is 0 Å². The fraction of sp³-hybridized carbons (Fsp3) is 0.111. The van der Waals surface area contributed by atoms with Crippen molar-refractivity contribution in [2.75, 3.05) is 0 Å². The molecule has 0 heterocycles. The number of hydrazine groups is 1. The van der Waals surface area contributed by atoms with Gasteiger partial charge in [-0.05, 0) is 30.7 Å². The van der Waals surface area contributed by atoms with Gasteiger partial charge in [-0.3, -0.25) is 10.2 Å². The van der Waals surface area contributed by atoms with Gasteiger partial charge in [0.25, 0.3) is 5.91 Å². The molecule has 0 bridgehead atoms. The minimum atomic E-state index is -0.345. The van der Waals surface area contributed by atoms with E-state index in [1.54, 1.807) is 25.1 Å². The van der Waals surface area contributed by atoms with Crippen LogP contribution in [0, 0.1) is 18.3 Å². The van der Waals surface area contributed by atoms with Crippen LogP contribution in [0.3, 0.4) is 0 Å². The van der Waals surface area contributed by atoms with Gasteiger partial charge in [-0.25, -0.2) is 5.84 Å². The zero-order chi connectivity index (χ0) is 9.84. The van der Waals surface area contributed by atoms with Crippen molar-refractivity contribution in [1.82, 2.24) is 5.43 Å². The SMILES string of the molecule is Cc1cc(C#N)ccc1C(=O)NN. The Kier molecular flexibility index (Phi) is 2.62. The molecule has 4 nitrogen and oxygen atoms in total. The smallest absolute Gasteiger partial charge is 0.265 e. The largest absolute Gasteiger partial charge is 0.290 e. The first kappa shape index (κ1) is 9.23. The number of hydrogen-bond acceptors (Lipinski definition) is 3. The number of nitrogens with one attached hydrogen (secondary N) is 1. The van der Waals surface area contributed by atoms with E-state index < -0.39 is 0 Å². The zero-order valence-corrected chi connectivity index (χ0v) is 7.16. The summed E-state index contributed by atoms with van der Waals surface area (Å²) in [5, 5.41) is 8.57. The van der Waals surface area contributed by atoms with Gasteiger partial charge in [0, 0.05) is 5.56 Å². The fourth-order valence-corrected chi connectivity index (χ4v) is 1.07. The van der Waals surface area contributed by atoms with Gasteiger partial charge in [0.05, 0.1) is 11.6 Å². The summed E-state index contributed by atoms with van der Waals surface area (Å²) in [7, 11) is 0. The Balaban J connectivity index is 3.14. The average molecular weight is 175 g/mol. The van der Waals surface area contributed by atoms with E-state index in [1.807, 2.05) is 11.5 Å². The molecule has 4 heteroatoms. The molecule has 0 fully saturated rings. The molecular formula is C9H9N3O. The number of aryl methyl sites for hydroxylation is 1. The van der Waals surface area contributed by atoms with E-state index in [0.29, 0.717) is 11.1 Å². The monoisotopic (exact) mass is 175 g/mol. The Bertz CT molecular complexity index is 379. The highest BCUT2D eigenvalue weighted by molar-refractivity contribution is 5.95. The van der Waals surface area contributed by atoms with Gasteiger partial charge in [0.1, 0.15) is 0 Å². The van der Waals surface area contributed by atoms with Gasteiger partial charge >= 0.3 is 0 Å². The van der Waals surface area contributed by atoms with Crippen LogP contribution >= 0.6 is 0 Å². The summed E-state index contributed by atoms with van der Waals surface area (Å²) < 4.78 is 0. The number of benzene rings is 1. The summed E-state index contributed by atoms with van der Waals surface area (Å²) in [5.74, 6) is 4.63. The summed E-state index contributed by atoms with van der Waals surface area (Å²) in [6, 6.07) is 6.79. The maximum absolute atomic E-state index is 11.1. The van der Waals surface area contributed by atoms with Gasteiger partial charge in [-0.1, -0.05) is 0 Å². The Morgan fingerprint density at radius 1 is 1.62 bits per heavy atom. The first-order valence-electron chi connectivity index (χ1n) is 3.70. The van der Waals surface area contributed by atoms with E-state index >= 15 is 0 Å². The van der Waals surface area contributed by atoms with Crippen LogP contribution in [0.2, 0.25) is 0 Å². The predicted octanol–water partition coefficient (Wildman–Crippen LogP) is 0.470. The molecule has 1 aromatic rings. The highest BCUT2D eigenvalue weighted by Crippen LogP contribution is 2.09. The number of nitrogens with zero attached hydrogens (tertiary/aromatic N) is 1. The molecule has 0 unspecified atom stereocenters. The molecule has 0 aliphatic rings. The maximum Gasteiger partial charge on any atom is 0.265 e. The Morgan fingerprint density at radius 3 is 2.77 bits per heavy atom. The Hall–Kier alpha value is -1.86. The lowest BCUT2D eigenvalue weighted by Crippen LogP contribution is -2.30. The normalized spacial score (nSPS) is 9.00. The van der Waals surface area contributed by atoms with Crippen molar-refractivity contribution < 1.29 is 4.79 Å². The molecule has 13 heavy (non-hydrogen) atoms. The summed E-state index contributed by atoms with van der Waals surface area (Å²) in [6.07, 6.45) is 0. The molecule has 1 aromatic carbocycles. The van der Waals surface area contributed by atoms with Crippen molar-refractivity contribution in [3.05, 3.63) is 34.9 Å². The maximum atomic E-state index is 11.1. The molecule has 0 aliphatic carbocycles. The molecule has 1 amide bonds. The van der Waals surface area contributed by atoms with Crippen LogP contribution in [0.5, 0.6) is 0 Å². The molecule has 1 rings (SSSR count). The summed E-state index contributed by atoms with van der Waals surface area (Å²) in [4.78, 5) is 11.1. The third-order valence-corrected chi connectivity index (χ3v) is 1.73. The van der Waals surface area contributed by atoms with E-state index in [4.69, 9.17) is 11.1 Å². The number of amides is 1. The quantitative estimate of drug-likeness (QED) is 0.370. The lowest BCUT2D eigenvalue weighted by molar-refractivity contribution is 0.0953. The van der Waals surface area contributed by atoms with E-state index in [-0.39, 0.29) is 5.91 Å². The number of nitriles is 1. The van der Waals surface area contributed by atoms with Crippen molar-refractivity contribution in [2.24, 2.45) is 5.84 Å². The molecule has 0 aromatic heterocycles. The number of hydrogen-bond donors (Lipinski definition) is 2. The Labute approximate surface area is 75.9 Å². The second kappa shape index (κ2) is 3.70. The van der Waals surface area contributed by atoms with E-state index in [0.717, 1.165) is 5.56 Å². The zero-order valence-electron chi connectivity index (χ0n) is 7.16. The third-order valence-electron chi connectivity index (χ3n) is 1.73. The molecule has 0 aliphatic heterocycles. The van der Waals surface area contributed by atoms with Gasteiger partial charge in [0.15, 0.2) is 0 Å². The highest BCUT2D eigenvalue weighted by Gasteiger charge is 2.06. The minimum Gasteiger partial charge on any atom is -0.290 e. The average Bonchev–Trinajstić information content (AvgIpc) is 2.16. The minimum absolute atomic E-state index is 0.345. The van der Waals surface area contributed by atoms with Crippen molar-refractivity contribution in [1.29, 1.82) is 5.26 Å². The molecule has 0 radical (unpaired) electrons. The molecule has 3 N–H and O–H groups in total. The second-order valence-electron chi connectivity index (χ2n) is 2.61. The first-order valence-corrected chi connectivity index (χ1v) is 3.70. The van der Waals surface area contributed by atoms with Crippen LogP contribution in [0.1, 0.15) is 21.5 Å². The number of nitrogen functional groups attached to an aromatic ring is 1. The second-order valence-corrected chi connectivity index (χ2v) is 2.61. The van der Waals surface area contributed by atoms with Crippen LogP contribution in [0.15, 0.2) is 18.2 Å². The van der Waals surface area contributed by atoms with E-state index in [2.05, 4.69) is 0 Å². The summed E-state index contributed by atoms with van der Waals surface area (Å²) >= 11 is 0. The van der Waals surface area contributed by atoms with Crippen molar-refractivity contribution in [3.63, 3.8) is 0 Å². The number of nitrogens with two attached hydrogens (primary N) is 1. The molecular weight excluding hydrogens is 166 g/mol. The summed E-state index contributed by atoms with van der Waals surface area (Å²) in [6.45, 7) is 1.76. The highest BCUT2D eigenvalue weighted by atomic mass is 16.2. The molecule has 0 atom stereocenters. The number of rotatable bonds is 1. The van der Waals surface area contributed by atoms with Crippen LogP contribution in [0.4, 0.5) is 0 Å². The third kappa shape index (κ3) is 1.83.